The number of allylic oxidation sites excluding steroid dienone is 1. The lowest BCUT2D eigenvalue weighted by Gasteiger charge is -2.05. The maximum Gasteiger partial charge on any atom is 0.266 e. The molecule has 0 aromatic heterocycles. The van der Waals surface area contributed by atoms with Gasteiger partial charge in [-0.1, -0.05) is 61.9 Å². The minimum absolute atomic E-state index is 0.276. The number of aryl methyl sites for hydroxylation is 1. The summed E-state index contributed by atoms with van der Waals surface area (Å²) in [4.78, 5) is 0. The van der Waals surface area contributed by atoms with E-state index in [1.54, 1.807) is 0 Å². The molecule has 0 aliphatic heterocycles. The Morgan fingerprint density at radius 3 is 1.80 bits per heavy atom. The second-order valence-electron chi connectivity index (χ2n) is 4.84. The van der Waals surface area contributed by atoms with Crippen molar-refractivity contribution in [3.63, 3.8) is 0 Å². The molecule has 0 bridgehead atoms. The molecule has 0 saturated carbocycles. The van der Waals surface area contributed by atoms with Gasteiger partial charge in [-0.15, -0.1) is 0 Å². The molecule has 0 unspecified atom stereocenters. The van der Waals surface area contributed by atoms with Gasteiger partial charge < -0.3 is 0 Å². The zero-order chi connectivity index (χ0) is 14.4. The summed E-state index contributed by atoms with van der Waals surface area (Å²) < 4.78 is 24.1. The Kier molecular flexibility index (Phi) is 5.05. The lowest BCUT2D eigenvalue weighted by atomic mass is 10.0. The van der Waals surface area contributed by atoms with Crippen molar-refractivity contribution in [2.45, 2.75) is 26.2 Å². The molecule has 0 heterocycles. The second-order valence-corrected chi connectivity index (χ2v) is 4.84. The normalized spacial score (nSPS) is 10.3. The number of benzene rings is 2. The van der Waals surface area contributed by atoms with Gasteiger partial charge in [0.25, 0.3) is 6.08 Å². The Morgan fingerprint density at radius 1 is 0.850 bits per heavy atom. The van der Waals surface area contributed by atoms with Crippen LogP contribution >= 0.6 is 0 Å². The molecule has 0 aliphatic rings. The molecule has 0 radical (unpaired) electrons. The third-order valence-corrected chi connectivity index (χ3v) is 3.27. The molecule has 20 heavy (non-hydrogen) atoms. The van der Waals surface area contributed by atoms with Gasteiger partial charge in [-0.05, 0) is 41.2 Å². The van der Waals surface area contributed by atoms with Gasteiger partial charge in [0.15, 0.2) is 0 Å². The summed E-state index contributed by atoms with van der Waals surface area (Å²) in [5.74, 6) is 0. The van der Waals surface area contributed by atoms with Crippen LogP contribution in [0.15, 0.2) is 60.7 Å². The van der Waals surface area contributed by atoms with Crippen LogP contribution in [0.5, 0.6) is 0 Å². The van der Waals surface area contributed by atoms with E-state index >= 15 is 0 Å². The molecule has 0 spiro atoms. The highest BCUT2D eigenvalue weighted by Crippen LogP contribution is 2.21. The monoisotopic (exact) mass is 272 g/mol. The van der Waals surface area contributed by atoms with Crippen LogP contribution in [0.2, 0.25) is 0 Å². The van der Waals surface area contributed by atoms with E-state index in [2.05, 4.69) is 31.2 Å². The lowest BCUT2D eigenvalue weighted by Crippen LogP contribution is -1.85. The van der Waals surface area contributed by atoms with Gasteiger partial charge in [-0.25, -0.2) is 0 Å². The molecule has 2 aromatic rings. The fraction of sp³-hybridized carbons (Fsp3) is 0.222. The first-order valence-electron chi connectivity index (χ1n) is 6.88. The van der Waals surface area contributed by atoms with Crippen LogP contribution in [0.3, 0.4) is 0 Å². The molecule has 0 saturated heterocycles. The Labute approximate surface area is 118 Å². The van der Waals surface area contributed by atoms with Crippen LogP contribution in [0.1, 0.15) is 24.5 Å². The maximum atomic E-state index is 12.0. The molecule has 0 amide bonds. The zero-order valence-electron chi connectivity index (χ0n) is 11.6. The highest BCUT2D eigenvalue weighted by Gasteiger charge is 1.99. The van der Waals surface area contributed by atoms with Crippen molar-refractivity contribution in [3.8, 4) is 11.1 Å². The first kappa shape index (κ1) is 14.4. The largest absolute Gasteiger partial charge is 0.266 e. The van der Waals surface area contributed by atoms with Gasteiger partial charge in [0.1, 0.15) is 0 Å². The Balaban J connectivity index is 2.11. The van der Waals surface area contributed by atoms with E-state index in [9.17, 15) is 8.78 Å². The van der Waals surface area contributed by atoms with E-state index in [0.29, 0.717) is 0 Å². The highest BCUT2D eigenvalue weighted by atomic mass is 19.3. The molecule has 0 fully saturated rings. The smallest absolute Gasteiger partial charge is 0.174 e. The molecule has 2 rings (SSSR count). The Hall–Kier alpha value is -1.96. The summed E-state index contributed by atoms with van der Waals surface area (Å²) in [5, 5.41) is 0. The fourth-order valence-electron chi connectivity index (χ4n) is 2.18. The minimum Gasteiger partial charge on any atom is -0.174 e. The molecular formula is C18H18F2. The quantitative estimate of drug-likeness (QED) is 0.661. The maximum absolute atomic E-state index is 12.0. The van der Waals surface area contributed by atoms with Crippen molar-refractivity contribution < 1.29 is 8.78 Å². The minimum atomic E-state index is -1.62. The first-order valence-corrected chi connectivity index (χ1v) is 6.88. The van der Waals surface area contributed by atoms with Crippen molar-refractivity contribution in [1.82, 2.24) is 0 Å². The van der Waals surface area contributed by atoms with E-state index in [1.165, 1.54) is 5.56 Å². The summed E-state index contributed by atoms with van der Waals surface area (Å²) in [6.07, 6.45) is 1.83. The first-order chi connectivity index (χ1) is 9.69. The number of hydrogen-bond donors (Lipinski definition) is 0. The summed E-state index contributed by atoms with van der Waals surface area (Å²) in [6.45, 7) is 2.17. The molecule has 2 heteroatoms. The van der Waals surface area contributed by atoms with Gasteiger partial charge in [0.05, 0.1) is 0 Å². The van der Waals surface area contributed by atoms with Crippen molar-refractivity contribution >= 4 is 0 Å². The van der Waals surface area contributed by atoms with Crippen LogP contribution in [-0.2, 0) is 12.8 Å². The topological polar surface area (TPSA) is 0 Å². The van der Waals surface area contributed by atoms with Gasteiger partial charge in [-0.2, -0.15) is 8.78 Å². The predicted octanol–water partition coefficient (Wildman–Crippen LogP) is 5.63. The van der Waals surface area contributed by atoms with E-state index in [1.807, 2.05) is 24.3 Å². The van der Waals surface area contributed by atoms with Gasteiger partial charge in [0.2, 0.25) is 0 Å². The summed E-state index contributed by atoms with van der Waals surface area (Å²) >= 11 is 0. The predicted molar refractivity (Wildman–Crippen MR) is 79.9 cm³/mol. The lowest BCUT2D eigenvalue weighted by molar-refractivity contribution is 0.418. The fourth-order valence-corrected chi connectivity index (χ4v) is 2.18. The second kappa shape index (κ2) is 6.99. The third kappa shape index (κ3) is 4.02. The molecule has 2 aromatic carbocycles. The highest BCUT2D eigenvalue weighted by molar-refractivity contribution is 5.64. The van der Waals surface area contributed by atoms with Crippen LogP contribution < -0.4 is 0 Å². The van der Waals surface area contributed by atoms with Crippen LogP contribution in [-0.4, -0.2) is 0 Å². The summed E-state index contributed by atoms with van der Waals surface area (Å²) in [7, 11) is 0. The molecule has 104 valence electrons. The Morgan fingerprint density at radius 2 is 1.35 bits per heavy atom. The van der Waals surface area contributed by atoms with Crippen molar-refractivity contribution in [2.24, 2.45) is 0 Å². The molecular weight excluding hydrogens is 254 g/mol. The average molecular weight is 272 g/mol. The SMILES string of the molecule is CCCc1ccc(-c2ccc(CC=C(F)F)cc2)cc1. The van der Waals surface area contributed by atoms with Crippen LogP contribution in [0.4, 0.5) is 8.78 Å². The van der Waals surface area contributed by atoms with E-state index in [4.69, 9.17) is 0 Å². The van der Waals surface area contributed by atoms with E-state index in [-0.39, 0.29) is 6.42 Å². The van der Waals surface area contributed by atoms with E-state index < -0.39 is 6.08 Å². The molecule has 0 aliphatic carbocycles. The summed E-state index contributed by atoms with van der Waals surface area (Å²) in [5.41, 5.74) is 4.51. The van der Waals surface area contributed by atoms with E-state index in [0.717, 1.165) is 35.6 Å². The van der Waals surface area contributed by atoms with Gasteiger partial charge in [-0.3, -0.25) is 0 Å². The average Bonchev–Trinajstić information content (AvgIpc) is 2.47. The van der Waals surface area contributed by atoms with Crippen LogP contribution in [0, 0.1) is 0 Å². The van der Waals surface area contributed by atoms with Crippen molar-refractivity contribution in [2.75, 3.05) is 0 Å². The molecule has 0 atom stereocenters. The van der Waals surface area contributed by atoms with Crippen molar-refractivity contribution in [3.05, 3.63) is 71.8 Å². The Bertz CT molecular complexity index is 561. The third-order valence-electron chi connectivity index (χ3n) is 3.27. The molecule has 0 nitrogen and oxygen atoms in total. The number of halogens is 2. The summed E-state index contributed by atoms with van der Waals surface area (Å²) in [6, 6.07) is 16.3. The standard InChI is InChI=1S/C18H18F2/c1-2-3-14-4-9-16(10-5-14)17-11-6-15(7-12-17)8-13-18(19)20/h4-7,9-13H,2-3,8H2,1H3. The number of hydrogen-bond acceptors (Lipinski definition) is 0. The van der Waals surface area contributed by atoms with Crippen molar-refractivity contribution in [1.29, 1.82) is 0 Å². The molecule has 0 N–H and O–H groups in total. The van der Waals surface area contributed by atoms with Crippen LogP contribution in [0.25, 0.3) is 11.1 Å². The zero-order valence-corrected chi connectivity index (χ0v) is 11.6. The van der Waals surface area contributed by atoms with Gasteiger partial charge >= 0.3 is 0 Å². The number of rotatable bonds is 5. The van der Waals surface area contributed by atoms with Gasteiger partial charge in [0, 0.05) is 0 Å².